The van der Waals surface area contributed by atoms with Crippen molar-refractivity contribution in [2.45, 2.75) is 19.6 Å². The fourth-order valence-electron chi connectivity index (χ4n) is 0.807. The Bertz CT molecular complexity index is 330. The minimum atomic E-state index is -0.991. The molecule has 1 atom stereocenters. The molecule has 0 amide bonds. The normalized spacial score (nSPS) is 12.4. The van der Waals surface area contributed by atoms with Crippen molar-refractivity contribution in [1.82, 2.24) is 4.98 Å². The molecule has 14 heavy (non-hydrogen) atoms. The van der Waals surface area contributed by atoms with E-state index in [0.29, 0.717) is 5.02 Å². The van der Waals surface area contributed by atoms with E-state index in [4.69, 9.17) is 21.4 Å². The minimum absolute atomic E-state index is 0.175. The number of hydrogen-bond acceptors (Lipinski definition) is 3. The number of hydrogen-bond donors (Lipinski definition) is 1. The van der Waals surface area contributed by atoms with Crippen LogP contribution in [0.25, 0.3) is 0 Å². The smallest absolute Gasteiger partial charge is 0.332 e. The number of rotatable bonds is 4. The molecule has 0 saturated carbocycles. The molecule has 0 bridgehead atoms. The van der Waals surface area contributed by atoms with Crippen molar-refractivity contribution in [1.29, 1.82) is 0 Å². The highest BCUT2D eigenvalue weighted by atomic mass is 35.5. The molecule has 1 unspecified atom stereocenters. The van der Waals surface area contributed by atoms with Gasteiger partial charge in [-0.15, -0.1) is 0 Å². The Morgan fingerprint density at radius 1 is 1.79 bits per heavy atom. The molecular weight excluding hydrogens is 206 g/mol. The number of pyridine rings is 1. The van der Waals surface area contributed by atoms with Crippen LogP contribution in [0.15, 0.2) is 18.5 Å². The van der Waals surface area contributed by atoms with Crippen LogP contribution in [0.5, 0.6) is 0 Å². The summed E-state index contributed by atoms with van der Waals surface area (Å²) in [7, 11) is 0. The van der Waals surface area contributed by atoms with Crippen LogP contribution >= 0.6 is 11.6 Å². The number of aromatic nitrogens is 1. The first kappa shape index (κ1) is 10.9. The number of halogens is 1. The molecular formula is C9H10ClNO3. The summed E-state index contributed by atoms with van der Waals surface area (Å²) in [4.78, 5) is 14.2. The second-order valence-corrected chi connectivity index (χ2v) is 3.17. The second kappa shape index (κ2) is 4.93. The van der Waals surface area contributed by atoms with Gasteiger partial charge in [-0.2, -0.15) is 0 Å². The fourth-order valence-corrected chi connectivity index (χ4v) is 0.981. The molecule has 0 aliphatic carbocycles. The average molecular weight is 216 g/mol. The van der Waals surface area contributed by atoms with Gasteiger partial charge in [-0.05, 0) is 18.6 Å². The van der Waals surface area contributed by atoms with Crippen molar-refractivity contribution in [2.24, 2.45) is 0 Å². The van der Waals surface area contributed by atoms with Crippen molar-refractivity contribution in [3.63, 3.8) is 0 Å². The lowest BCUT2D eigenvalue weighted by Gasteiger charge is -2.08. The lowest BCUT2D eigenvalue weighted by Crippen LogP contribution is -2.19. The van der Waals surface area contributed by atoms with Crippen LogP contribution in [0, 0.1) is 0 Å². The molecule has 76 valence electrons. The van der Waals surface area contributed by atoms with E-state index in [1.54, 1.807) is 12.3 Å². The van der Waals surface area contributed by atoms with Gasteiger partial charge in [0.05, 0.1) is 11.6 Å². The highest BCUT2D eigenvalue weighted by Gasteiger charge is 2.11. The Balaban J connectivity index is 2.54. The number of ether oxygens (including phenoxy) is 1. The van der Waals surface area contributed by atoms with E-state index in [9.17, 15) is 4.79 Å². The van der Waals surface area contributed by atoms with Crippen molar-refractivity contribution in [3.8, 4) is 0 Å². The summed E-state index contributed by atoms with van der Waals surface area (Å²) < 4.78 is 5.06. The van der Waals surface area contributed by atoms with Gasteiger partial charge in [-0.1, -0.05) is 11.6 Å². The molecule has 0 aliphatic rings. The van der Waals surface area contributed by atoms with E-state index in [-0.39, 0.29) is 6.61 Å². The molecule has 1 aromatic heterocycles. The maximum atomic E-state index is 10.4. The largest absolute Gasteiger partial charge is 0.479 e. The van der Waals surface area contributed by atoms with Gasteiger partial charge >= 0.3 is 5.97 Å². The van der Waals surface area contributed by atoms with E-state index in [0.717, 1.165) is 5.56 Å². The maximum absolute atomic E-state index is 10.4. The number of nitrogens with zero attached hydrogens (tertiary/aromatic N) is 1. The van der Waals surface area contributed by atoms with Gasteiger partial charge in [0.25, 0.3) is 0 Å². The number of carbonyl (C=O) groups is 1. The molecule has 0 spiro atoms. The zero-order valence-corrected chi connectivity index (χ0v) is 8.36. The van der Waals surface area contributed by atoms with Gasteiger partial charge in [0.1, 0.15) is 0 Å². The third kappa shape index (κ3) is 2.97. The maximum Gasteiger partial charge on any atom is 0.332 e. The molecule has 0 radical (unpaired) electrons. The highest BCUT2D eigenvalue weighted by Crippen LogP contribution is 2.14. The van der Waals surface area contributed by atoms with Gasteiger partial charge < -0.3 is 9.84 Å². The lowest BCUT2D eigenvalue weighted by molar-refractivity contribution is -0.149. The van der Waals surface area contributed by atoms with Crippen LogP contribution < -0.4 is 0 Å². The molecule has 0 aliphatic heterocycles. The first-order chi connectivity index (χ1) is 6.61. The Hall–Kier alpha value is -1.13. The van der Waals surface area contributed by atoms with Crippen molar-refractivity contribution < 1.29 is 14.6 Å². The Kier molecular flexibility index (Phi) is 3.85. The van der Waals surface area contributed by atoms with Crippen LogP contribution in [0.1, 0.15) is 12.5 Å². The summed E-state index contributed by atoms with van der Waals surface area (Å²) in [6.45, 7) is 1.65. The lowest BCUT2D eigenvalue weighted by atomic mass is 10.3. The first-order valence-electron chi connectivity index (χ1n) is 4.04. The van der Waals surface area contributed by atoms with Crippen molar-refractivity contribution in [2.75, 3.05) is 0 Å². The number of carboxylic acid groups (broad SMARTS) is 1. The van der Waals surface area contributed by atoms with E-state index in [1.807, 2.05) is 0 Å². The Labute approximate surface area is 86.5 Å². The van der Waals surface area contributed by atoms with Crippen molar-refractivity contribution >= 4 is 17.6 Å². The quantitative estimate of drug-likeness (QED) is 0.831. The van der Waals surface area contributed by atoms with Crippen LogP contribution in [0.2, 0.25) is 5.02 Å². The van der Waals surface area contributed by atoms with Crippen LogP contribution in [0.3, 0.4) is 0 Å². The Morgan fingerprint density at radius 2 is 2.50 bits per heavy atom. The van der Waals surface area contributed by atoms with Crippen LogP contribution in [-0.4, -0.2) is 22.2 Å². The Morgan fingerprint density at radius 3 is 3.07 bits per heavy atom. The zero-order chi connectivity index (χ0) is 10.6. The summed E-state index contributed by atoms with van der Waals surface area (Å²) in [5, 5.41) is 9.04. The van der Waals surface area contributed by atoms with Gasteiger partial charge in [0.15, 0.2) is 6.10 Å². The molecule has 1 heterocycles. The van der Waals surface area contributed by atoms with Crippen LogP contribution in [0.4, 0.5) is 0 Å². The van der Waals surface area contributed by atoms with Gasteiger partial charge in [0, 0.05) is 12.4 Å². The molecule has 0 aromatic carbocycles. The molecule has 4 nitrogen and oxygen atoms in total. The minimum Gasteiger partial charge on any atom is -0.479 e. The topological polar surface area (TPSA) is 59.4 Å². The van der Waals surface area contributed by atoms with E-state index in [2.05, 4.69) is 4.98 Å². The first-order valence-corrected chi connectivity index (χ1v) is 4.42. The van der Waals surface area contributed by atoms with Gasteiger partial charge in [-0.25, -0.2) is 4.79 Å². The number of aliphatic carboxylic acids is 1. The molecule has 0 fully saturated rings. The van der Waals surface area contributed by atoms with Crippen molar-refractivity contribution in [3.05, 3.63) is 29.0 Å². The van der Waals surface area contributed by atoms with Gasteiger partial charge in [-0.3, -0.25) is 4.98 Å². The van der Waals surface area contributed by atoms with E-state index >= 15 is 0 Å². The summed E-state index contributed by atoms with van der Waals surface area (Å²) in [5.74, 6) is -0.991. The molecule has 1 rings (SSSR count). The summed E-state index contributed by atoms with van der Waals surface area (Å²) in [6, 6.07) is 1.69. The summed E-state index contributed by atoms with van der Waals surface area (Å²) in [5.41, 5.74) is 0.731. The predicted molar refractivity (Wildman–Crippen MR) is 51.1 cm³/mol. The predicted octanol–water partition coefficient (Wildman–Crippen LogP) is 1.72. The fraction of sp³-hybridized carbons (Fsp3) is 0.333. The third-order valence-electron chi connectivity index (χ3n) is 1.69. The summed E-state index contributed by atoms with van der Waals surface area (Å²) >= 11 is 5.80. The monoisotopic (exact) mass is 215 g/mol. The zero-order valence-electron chi connectivity index (χ0n) is 7.61. The van der Waals surface area contributed by atoms with E-state index in [1.165, 1.54) is 13.1 Å². The molecule has 5 heteroatoms. The second-order valence-electron chi connectivity index (χ2n) is 2.76. The average Bonchev–Trinajstić information content (AvgIpc) is 2.16. The molecule has 1 aromatic rings. The standard InChI is InChI=1S/C9H10ClNO3/c1-6(9(12)13)14-5-7-2-3-11-4-8(7)10/h2-4,6H,5H2,1H3,(H,12,13). The van der Waals surface area contributed by atoms with Gasteiger partial charge in [0.2, 0.25) is 0 Å². The highest BCUT2D eigenvalue weighted by molar-refractivity contribution is 6.31. The summed E-state index contributed by atoms with van der Waals surface area (Å²) in [6.07, 6.45) is 2.24. The van der Waals surface area contributed by atoms with E-state index < -0.39 is 12.1 Å². The SMILES string of the molecule is CC(OCc1ccncc1Cl)C(=O)O. The molecule has 0 saturated heterocycles. The number of carboxylic acids is 1. The molecule has 1 N–H and O–H groups in total. The third-order valence-corrected chi connectivity index (χ3v) is 2.03. The van der Waals surface area contributed by atoms with Crippen LogP contribution in [-0.2, 0) is 16.1 Å².